The fourth-order valence-corrected chi connectivity index (χ4v) is 2.37. The molecular formula is C14H22N2O2. The van der Waals surface area contributed by atoms with Crippen LogP contribution in [0.15, 0.2) is 12.1 Å². The Kier molecular flexibility index (Phi) is 4.84. The summed E-state index contributed by atoms with van der Waals surface area (Å²) in [5.41, 5.74) is 9.32. The van der Waals surface area contributed by atoms with Crippen LogP contribution in [0.5, 0.6) is 0 Å². The van der Waals surface area contributed by atoms with E-state index >= 15 is 0 Å². The molecule has 18 heavy (non-hydrogen) atoms. The molecule has 1 aromatic rings. The summed E-state index contributed by atoms with van der Waals surface area (Å²) in [6.07, 6.45) is 1.97. The van der Waals surface area contributed by atoms with Crippen LogP contribution in [0.4, 0.5) is 5.69 Å². The van der Waals surface area contributed by atoms with Gasteiger partial charge < -0.3 is 5.73 Å². The van der Waals surface area contributed by atoms with E-state index in [1.807, 2.05) is 13.8 Å². The molecule has 1 aromatic carbocycles. The van der Waals surface area contributed by atoms with Crippen molar-refractivity contribution in [2.75, 3.05) is 0 Å². The maximum atomic E-state index is 10.9. The van der Waals surface area contributed by atoms with Crippen molar-refractivity contribution in [1.82, 2.24) is 0 Å². The van der Waals surface area contributed by atoms with E-state index in [-0.39, 0.29) is 16.7 Å². The Morgan fingerprint density at radius 3 is 2.28 bits per heavy atom. The van der Waals surface area contributed by atoms with Crippen molar-refractivity contribution in [2.24, 2.45) is 11.7 Å². The molecule has 0 heterocycles. The summed E-state index contributed by atoms with van der Waals surface area (Å²) in [5.74, 6) is 0.366. The molecule has 0 radical (unpaired) electrons. The molecule has 100 valence electrons. The number of rotatable bonds is 5. The van der Waals surface area contributed by atoms with E-state index in [2.05, 4.69) is 13.8 Å². The molecule has 0 saturated heterocycles. The largest absolute Gasteiger partial charge is 0.324 e. The van der Waals surface area contributed by atoms with Crippen molar-refractivity contribution >= 4 is 5.69 Å². The summed E-state index contributed by atoms with van der Waals surface area (Å²) in [4.78, 5) is 10.6. The minimum Gasteiger partial charge on any atom is -0.324 e. The second kappa shape index (κ2) is 5.96. The van der Waals surface area contributed by atoms with Gasteiger partial charge in [0.2, 0.25) is 0 Å². The van der Waals surface area contributed by atoms with Crippen molar-refractivity contribution in [3.63, 3.8) is 0 Å². The number of nitrogens with two attached hydrogens (primary N) is 1. The Morgan fingerprint density at radius 1 is 1.28 bits per heavy atom. The van der Waals surface area contributed by atoms with E-state index in [9.17, 15) is 10.1 Å². The molecule has 4 nitrogen and oxygen atoms in total. The van der Waals surface area contributed by atoms with Crippen molar-refractivity contribution in [1.29, 1.82) is 0 Å². The SMILES string of the molecule is CCC(CC)C(N)c1cc([N+](=O)[O-])cc(C)c1C. The van der Waals surface area contributed by atoms with Crippen LogP contribution in [0.2, 0.25) is 0 Å². The number of non-ortho nitro benzene ring substituents is 1. The fraction of sp³-hybridized carbons (Fsp3) is 0.571. The van der Waals surface area contributed by atoms with E-state index < -0.39 is 0 Å². The summed E-state index contributed by atoms with van der Waals surface area (Å²) >= 11 is 0. The summed E-state index contributed by atoms with van der Waals surface area (Å²) < 4.78 is 0. The first-order valence-electron chi connectivity index (χ1n) is 6.43. The van der Waals surface area contributed by atoms with Gasteiger partial charge in [0.05, 0.1) is 4.92 Å². The Hall–Kier alpha value is -1.42. The van der Waals surface area contributed by atoms with Crippen molar-refractivity contribution in [3.05, 3.63) is 38.9 Å². The lowest BCUT2D eigenvalue weighted by Gasteiger charge is -2.23. The summed E-state index contributed by atoms with van der Waals surface area (Å²) in [6, 6.07) is 3.11. The molecule has 0 bridgehead atoms. The minimum atomic E-state index is -0.352. The maximum Gasteiger partial charge on any atom is 0.270 e. The molecular weight excluding hydrogens is 228 g/mol. The van der Waals surface area contributed by atoms with Crippen LogP contribution in [0.1, 0.15) is 49.4 Å². The molecule has 0 aliphatic heterocycles. The highest BCUT2D eigenvalue weighted by molar-refractivity contribution is 5.46. The Balaban J connectivity index is 3.26. The van der Waals surface area contributed by atoms with Crippen molar-refractivity contribution in [2.45, 2.75) is 46.6 Å². The zero-order valence-electron chi connectivity index (χ0n) is 11.6. The van der Waals surface area contributed by atoms with E-state index in [1.165, 1.54) is 0 Å². The first kappa shape index (κ1) is 14.6. The first-order valence-corrected chi connectivity index (χ1v) is 6.43. The molecule has 4 heteroatoms. The number of nitro groups is 1. The summed E-state index contributed by atoms with van der Waals surface area (Å²) in [6.45, 7) is 8.09. The van der Waals surface area contributed by atoms with Crippen LogP contribution >= 0.6 is 0 Å². The van der Waals surface area contributed by atoms with Gasteiger partial charge in [0, 0.05) is 18.2 Å². The maximum absolute atomic E-state index is 10.9. The predicted octanol–water partition coefficient (Wildman–Crippen LogP) is 3.65. The second-order valence-electron chi connectivity index (χ2n) is 4.84. The van der Waals surface area contributed by atoms with Crippen molar-refractivity contribution in [3.8, 4) is 0 Å². The third-order valence-electron chi connectivity index (χ3n) is 3.82. The highest BCUT2D eigenvalue weighted by Crippen LogP contribution is 2.31. The zero-order chi connectivity index (χ0) is 13.9. The number of nitrogens with zero attached hydrogens (tertiary/aromatic N) is 1. The van der Waals surface area contributed by atoms with Gasteiger partial charge in [-0.2, -0.15) is 0 Å². The van der Waals surface area contributed by atoms with Gasteiger partial charge in [-0.3, -0.25) is 10.1 Å². The molecule has 1 unspecified atom stereocenters. The minimum absolute atomic E-state index is 0.126. The molecule has 1 atom stereocenters. The third kappa shape index (κ3) is 2.88. The molecule has 0 spiro atoms. The average molecular weight is 250 g/mol. The standard InChI is InChI=1S/C14H22N2O2/c1-5-11(6-2)14(15)13-8-12(16(17)18)7-9(3)10(13)4/h7-8,11,14H,5-6,15H2,1-4H3. The number of aryl methyl sites for hydroxylation is 1. The zero-order valence-corrected chi connectivity index (χ0v) is 11.6. The topological polar surface area (TPSA) is 69.2 Å². The normalized spacial score (nSPS) is 12.8. The fourth-order valence-electron chi connectivity index (χ4n) is 2.37. The van der Waals surface area contributed by atoms with Crippen LogP contribution in [0, 0.1) is 29.9 Å². The molecule has 0 saturated carbocycles. The van der Waals surface area contributed by atoms with Gasteiger partial charge in [-0.25, -0.2) is 0 Å². The molecule has 0 aliphatic rings. The lowest BCUT2D eigenvalue weighted by Crippen LogP contribution is -2.21. The lowest BCUT2D eigenvalue weighted by atomic mass is 9.86. The van der Waals surface area contributed by atoms with Gasteiger partial charge in [0.15, 0.2) is 0 Å². The number of nitro benzene ring substituents is 1. The van der Waals surface area contributed by atoms with Gasteiger partial charge in [-0.15, -0.1) is 0 Å². The quantitative estimate of drug-likeness (QED) is 0.640. The summed E-state index contributed by atoms with van der Waals surface area (Å²) in [5, 5.41) is 10.9. The summed E-state index contributed by atoms with van der Waals surface area (Å²) in [7, 11) is 0. The highest BCUT2D eigenvalue weighted by atomic mass is 16.6. The van der Waals surface area contributed by atoms with Gasteiger partial charge in [-0.05, 0) is 36.5 Å². The van der Waals surface area contributed by atoms with E-state index in [1.54, 1.807) is 12.1 Å². The molecule has 0 aliphatic carbocycles. The van der Waals surface area contributed by atoms with E-state index in [4.69, 9.17) is 5.73 Å². The molecule has 2 N–H and O–H groups in total. The number of hydrogen-bond acceptors (Lipinski definition) is 3. The van der Waals surface area contributed by atoms with Gasteiger partial charge in [-0.1, -0.05) is 26.7 Å². The number of benzene rings is 1. The van der Waals surface area contributed by atoms with Crippen LogP contribution in [0.25, 0.3) is 0 Å². The Labute approximate surface area is 108 Å². The average Bonchev–Trinajstić information content (AvgIpc) is 2.33. The van der Waals surface area contributed by atoms with Gasteiger partial charge in [0.1, 0.15) is 0 Å². The van der Waals surface area contributed by atoms with Gasteiger partial charge >= 0.3 is 0 Å². The molecule has 0 amide bonds. The smallest absolute Gasteiger partial charge is 0.270 e. The second-order valence-corrected chi connectivity index (χ2v) is 4.84. The van der Waals surface area contributed by atoms with E-state index in [0.29, 0.717) is 5.92 Å². The number of hydrogen-bond donors (Lipinski definition) is 1. The van der Waals surface area contributed by atoms with Crippen LogP contribution in [-0.4, -0.2) is 4.92 Å². The van der Waals surface area contributed by atoms with Crippen LogP contribution in [0.3, 0.4) is 0 Å². The molecule has 1 rings (SSSR count). The Bertz CT molecular complexity index is 440. The monoisotopic (exact) mass is 250 g/mol. The van der Waals surface area contributed by atoms with Crippen LogP contribution < -0.4 is 5.73 Å². The van der Waals surface area contributed by atoms with Crippen LogP contribution in [-0.2, 0) is 0 Å². The first-order chi connectivity index (χ1) is 8.42. The highest BCUT2D eigenvalue weighted by Gasteiger charge is 2.21. The van der Waals surface area contributed by atoms with E-state index in [0.717, 1.165) is 29.5 Å². The van der Waals surface area contributed by atoms with Gasteiger partial charge in [0.25, 0.3) is 5.69 Å². The Morgan fingerprint density at radius 2 is 1.83 bits per heavy atom. The molecule has 0 aromatic heterocycles. The predicted molar refractivity (Wildman–Crippen MR) is 73.6 cm³/mol. The lowest BCUT2D eigenvalue weighted by molar-refractivity contribution is -0.385. The third-order valence-corrected chi connectivity index (χ3v) is 3.82. The molecule has 0 fully saturated rings. The van der Waals surface area contributed by atoms with Crippen molar-refractivity contribution < 1.29 is 4.92 Å².